The van der Waals surface area contributed by atoms with Gasteiger partial charge in [-0.2, -0.15) is 0 Å². The molecule has 1 unspecified atom stereocenters. The van der Waals surface area contributed by atoms with Crippen molar-refractivity contribution in [2.45, 2.75) is 12.5 Å². The summed E-state index contributed by atoms with van der Waals surface area (Å²) in [4.78, 5) is 15.7. The second-order valence-electron chi connectivity index (χ2n) is 4.10. The fourth-order valence-electron chi connectivity index (χ4n) is 1.38. The number of ether oxygens (including phenoxy) is 1. The smallest absolute Gasteiger partial charge is 0.231 e. The maximum atomic E-state index is 11.7. The summed E-state index contributed by atoms with van der Waals surface area (Å²) >= 11 is 1.10. The minimum atomic E-state index is -3.37. The highest BCUT2D eigenvalue weighted by Crippen LogP contribution is 2.16. The fraction of sp³-hybridized carbons (Fsp3) is 0.600. The third-order valence-electron chi connectivity index (χ3n) is 2.12. The molecule has 0 saturated carbocycles. The number of hydrogen-bond acceptors (Lipinski definition) is 7. The van der Waals surface area contributed by atoms with Crippen LogP contribution >= 0.6 is 11.3 Å². The van der Waals surface area contributed by atoms with E-state index in [9.17, 15) is 13.2 Å². The van der Waals surface area contributed by atoms with Crippen LogP contribution in [0.4, 0.5) is 5.13 Å². The van der Waals surface area contributed by atoms with Crippen molar-refractivity contribution in [2.75, 3.05) is 31.3 Å². The number of anilines is 1. The minimum Gasteiger partial charge on any atom is -0.394 e. The second-order valence-corrected chi connectivity index (χ2v) is 6.70. The molecule has 0 bridgehead atoms. The van der Waals surface area contributed by atoms with Crippen molar-refractivity contribution in [1.29, 1.82) is 0 Å². The molecule has 0 aliphatic carbocycles. The number of carbonyl (C=O) groups excluding carboxylic acids is 1. The number of methoxy groups -OCH3 is 1. The Hall–Kier alpha value is -1.23. The molecule has 1 aromatic heterocycles. The molecule has 1 aromatic rings. The molecule has 3 N–H and O–H groups in total. The van der Waals surface area contributed by atoms with Crippen molar-refractivity contribution < 1.29 is 23.1 Å². The molecule has 1 amide bonds. The number of carbonyl (C=O) groups is 1. The fourth-order valence-corrected chi connectivity index (χ4v) is 2.94. The molecular formula is C10H17N3O5S2. The lowest BCUT2D eigenvalue weighted by atomic mass is 10.3. The Balaban J connectivity index is 2.54. The van der Waals surface area contributed by atoms with Gasteiger partial charge in [0.15, 0.2) is 5.13 Å². The van der Waals surface area contributed by atoms with Gasteiger partial charge in [0.2, 0.25) is 15.9 Å². The normalized spacial score (nSPS) is 12.9. The quantitative estimate of drug-likeness (QED) is 0.575. The maximum Gasteiger partial charge on any atom is 0.231 e. The number of nitrogens with zero attached hydrogens (tertiary/aromatic N) is 1. The summed E-state index contributed by atoms with van der Waals surface area (Å²) in [6, 6.07) is -0.472. The Morgan fingerprint density at radius 3 is 2.85 bits per heavy atom. The molecule has 1 atom stereocenters. The van der Waals surface area contributed by atoms with E-state index < -0.39 is 16.1 Å². The molecule has 0 fully saturated rings. The maximum absolute atomic E-state index is 11.7. The van der Waals surface area contributed by atoms with Gasteiger partial charge in [0.1, 0.15) is 0 Å². The Morgan fingerprint density at radius 1 is 1.60 bits per heavy atom. The number of thiazole rings is 1. The van der Waals surface area contributed by atoms with Crippen LogP contribution < -0.4 is 10.0 Å². The first kappa shape index (κ1) is 16.8. The summed E-state index contributed by atoms with van der Waals surface area (Å²) < 4.78 is 29.1. The molecular weight excluding hydrogens is 306 g/mol. The van der Waals surface area contributed by atoms with Crippen molar-refractivity contribution >= 4 is 32.4 Å². The first-order valence-electron chi connectivity index (χ1n) is 5.65. The molecule has 0 aromatic carbocycles. The van der Waals surface area contributed by atoms with Gasteiger partial charge < -0.3 is 15.2 Å². The molecule has 8 nitrogen and oxygen atoms in total. The van der Waals surface area contributed by atoms with E-state index in [1.54, 1.807) is 5.38 Å². The number of nitrogens with one attached hydrogen (secondary N) is 2. The number of aliphatic hydroxyl groups excluding tert-OH is 1. The van der Waals surface area contributed by atoms with Crippen molar-refractivity contribution in [1.82, 2.24) is 10.3 Å². The monoisotopic (exact) mass is 323 g/mol. The molecule has 20 heavy (non-hydrogen) atoms. The van der Waals surface area contributed by atoms with E-state index in [0.717, 1.165) is 17.6 Å². The lowest BCUT2D eigenvalue weighted by Crippen LogP contribution is -2.41. The summed E-state index contributed by atoms with van der Waals surface area (Å²) in [7, 11) is -1.90. The van der Waals surface area contributed by atoms with E-state index in [1.807, 2.05) is 0 Å². The second kappa shape index (κ2) is 7.53. The van der Waals surface area contributed by atoms with Crippen LogP contribution in [0.2, 0.25) is 0 Å². The van der Waals surface area contributed by atoms with E-state index >= 15 is 0 Å². The van der Waals surface area contributed by atoms with Crippen molar-refractivity contribution in [2.24, 2.45) is 0 Å². The first-order valence-corrected chi connectivity index (χ1v) is 8.42. The average Bonchev–Trinajstić information content (AvgIpc) is 2.73. The van der Waals surface area contributed by atoms with E-state index in [2.05, 4.69) is 15.0 Å². The van der Waals surface area contributed by atoms with Crippen LogP contribution in [0.3, 0.4) is 0 Å². The summed E-state index contributed by atoms with van der Waals surface area (Å²) in [5, 5.41) is 13.4. The number of aromatic nitrogens is 1. The zero-order chi connectivity index (χ0) is 15.2. The number of rotatable bonds is 8. The number of aliphatic hydroxyl groups is 1. The molecule has 10 heteroatoms. The van der Waals surface area contributed by atoms with Crippen molar-refractivity contribution in [3.63, 3.8) is 0 Å². The van der Waals surface area contributed by atoms with Gasteiger partial charge in [-0.05, 0) is 0 Å². The summed E-state index contributed by atoms with van der Waals surface area (Å²) in [6.45, 7) is -0.0162. The highest BCUT2D eigenvalue weighted by molar-refractivity contribution is 7.92. The Morgan fingerprint density at radius 2 is 2.30 bits per heavy atom. The largest absolute Gasteiger partial charge is 0.394 e. The van der Waals surface area contributed by atoms with Crippen LogP contribution in [-0.2, 0) is 26.0 Å². The van der Waals surface area contributed by atoms with Gasteiger partial charge in [0.05, 0.1) is 37.6 Å². The van der Waals surface area contributed by atoms with Crippen LogP contribution in [0.1, 0.15) is 5.69 Å². The first-order chi connectivity index (χ1) is 9.34. The minimum absolute atomic E-state index is 0.00214. The van der Waals surface area contributed by atoms with Crippen LogP contribution in [0.25, 0.3) is 0 Å². The van der Waals surface area contributed by atoms with Gasteiger partial charge in [0.25, 0.3) is 0 Å². The topological polar surface area (TPSA) is 118 Å². The Bertz CT molecular complexity index is 543. The average molecular weight is 323 g/mol. The molecule has 0 saturated heterocycles. The predicted octanol–water partition coefficient (Wildman–Crippen LogP) is -0.819. The third-order valence-corrected chi connectivity index (χ3v) is 3.62. The van der Waals surface area contributed by atoms with Gasteiger partial charge >= 0.3 is 0 Å². The molecule has 114 valence electrons. The lowest BCUT2D eigenvalue weighted by molar-refractivity contribution is -0.121. The predicted molar refractivity (Wildman–Crippen MR) is 75.2 cm³/mol. The number of sulfonamides is 1. The third kappa shape index (κ3) is 6.28. The van der Waals surface area contributed by atoms with E-state index in [0.29, 0.717) is 5.69 Å². The lowest BCUT2D eigenvalue weighted by Gasteiger charge is -2.14. The Kier molecular flexibility index (Phi) is 6.33. The molecule has 0 aliphatic heterocycles. The van der Waals surface area contributed by atoms with Gasteiger partial charge in [-0.15, -0.1) is 11.3 Å². The highest BCUT2D eigenvalue weighted by Gasteiger charge is 2.14. The van der Waals surface area contributed by atoms with Gasteiger partial charge in [-0.25, -0.2) is 13.4 Å². The SMILES string of the molecule is COCC(CO)NC(=O)Cc1csc(NS(C)(=O)=O)n1. The van der Waals surface area contributed by atoms with E-state index in [-0.39, 0.29) is 30.7 Å². The van der Waals surface area contributed by atoms with E-state index in [4.69, 9.17) is 9.84 Å². The van der Waals surface area contributed by atoms with Crippen LogP contribution in [0.5, 0.6) is 0 Å². The standard InChI is InChI=1S/C10H17N3O5S2/c1-18-5-8(4-14)11-9(15)3-7-6-19-10(12-7)13-20(2,16)17/h6,8,14H,3-5H2,1-2H3,(H,11,15)(H,12,13). The van der Waals surface area contributed by atoms with Crippen LogP contribution in [-0.4, -0.2) is 57.0 Å². The molecule has 0 aliphatic rings. The summed E-state index contributed by atoms with van der Waals surface area (Å²) in [6.07, 6.45) is 1.03. The number of hydrogen-bond donors (Lipinski definition) is 3. The van der Waals surface area contributed by atoms with Gasteiger partial charge in [-0.3, -0.25) is 9.52 Å². The van der Waals surface area contributed by atoms with E-state index in [1.165, 1.54) is 7.11 Å². The zero-order valence-electron chi connectivity index (χ0n) is 11.1. The number of amides is 1. The van der Waals surface area contributed by atoms with Crippen molar-refractivity contribution in [3.05, 3.63) is 11.1 Å². The zero-order valence-corrected chi connectivity index (χ0v) is 12.8. The van der Waals surface area contributed by atoms with Crippen LogP contribution in [0, 0.1) is 0 Å². The van der Waals surface area contributed by atoms with Gasteiger partial charge in [-0.1, -0.05) is 0 Å². The molecule has 1 rings (SSSR count). The molecule has 0 radical (unpaired) electrons. The Labute approximate surface area is 121 Å². The molecule has 1 heterocycles. The highest BCUT2D eigenvalue weighted by atomic mass is 32.2. The van der Waals surface area contributed by atoms with Gasteiger partial charge in [0, 0.05) is 12.5 Å². The summed E-state index contributed by atoms with van der Waals surface area (Å²) in [5.41, 5.74) is 0.452. The van der Waals surface area contributed by atoms with Crippen LogP contribution in [0.15, 0.2) is 5.38 Å². The molecule has 0 spiro atoms. The van der Waals surface area contributed by atoms with Crippen molar-refractivity contribution in [3.8, 4) is 0 Å². The summed E-state index contributed by atoms with van der Waals surface area (Å²) in [5.74, 6) is -0.322.